The molecular weight excluding hydrogens is 267 g/mol. The molecule has 2 nitrogen and oxygen atoms in total. The molecule has 1 rings (SSSR count). The van der Waals surface area contributed by atoms with Crippen LogP contribution in [0, 0.1) is 3.57 Å². The summed E-state index contributed by atoms with van der Waals surface area (Å²) in [4.78, 5) is 0. The molecule has 0 saturated carbocycles. The number of hydrogen-bond acceptors (Lipinski definition) is 2. The minimum absolute atomic E-state index is 0.0686. The molecule has 0 spiro atoms. The first-order valence-corrected chi connectivity index (χ1v) is 4.88. The maximum absolute atomic E-state index is 8.95. The Bertz CT molecular complexity index is 261. The Hall–Kier alpha value is -0.290. The second-order valence-electron chi connectivity index (χ2n) is 2.34. The highest BCUT2D eigenvalue weighted by molar-refractivity contribution is 14.1. The SMILES string of the molecule is CCOc1ccc(I)c(CO)c1. The predicted molar refractivity (Wildman–Crippen MR) is 56.3 cm³/mol. The lowest BCUT2D eigenvalue weighted by atomic mass is 10.2. The van der Waals surface area contributed by atoms with Crippen molar-refractivity contribution in [2.45, 2.75) is 13.5 Å². The summed E-state index contributed by atoms with van der Waals surface area (Å²) >= 11 is 2.19. The van der Waals surface area contributed by atoms with E-state index in [2.05, 4.69) is 22.6 Å². The van der Waals surface area contributed by atoms with Gasteiger partial charge in [-0.25, -0.2) is 0 Å². The summed E-state index contributed by atoms with van der Waals surface area (Å²) in [6, 6.07) is 5.72. The molecule has 0 radical (unpaired) electrons. The van der Waals surface area contributed by atoms with Crippen molar-refractivity contribution in [3.63, 3.8) is 0 Å². The van der Waals surface area contributed by atoms with Gasteiger partial charge in [-0.15, -0.1) is 0 Å². The first-order valence-electron chi connectivity index (χ1n) is 3.80. The first kappa shape index (κ1) is 9.80. The fraction of sp³-hybridized carbons (Fsp3) is 0.333. The minimum atomic E-state index is 0.0686. The lowest BCUT2D eigenvalue weighted by Gasteiger charge is -2.05. The van der Waals surface area contributed by atoms with Crippen LogP contribution in [0.25, 0.3) is 0 Å². The zero-order valence-electron chi connectivity index (χ0n) is 6.88. The fourth-order valence-electron chi connectivity index (χ4n) is 0.929. The molecule has 0 bridgehead atoms. The summed E-state index contributed by atoms with van der Waals surface area (Å²) in [6.45, 7) is 2.67. The van der Waals surface area contributed by atoms with Crippen LogP contribution < -0.4 is 4.74 Å². The average Bonchev–Trinajstić information content (AvgIpc) is 2.09. The van der Waals surface area contributed by atoms with Gasteiger partial charge in [-0.3, -0.25) is 0 Å². The summed E-state index contributed by atoms with van der Waals surface area (Å²) in [5.74, 6) is 0.821. The lowest BCUT2D eigenvalue weighted by Crippen LogP contribution is -1.94. The molecule has 0 unspecified atom stereocenters. The Morgan fingerprint density at radius 3 is 2.83 bits per heavy atom. The lowest BCUT2D eigenvalue weighted by molar-refractivity contribution is 0.279. The van der Waals surface area contributed by atoms with E-state index in [-0.39, 0.29) is 6.61 Å². The van der Waals surface area contributed by atoms with Gasteiger partial charge < -0.3 is 9.84 Å². The third kappa shape index (κ3) is 2.35. The van der Waals surface area contributed by atoms with Crippen LogP contribution in [0.15, 0.2) is 18.2 Å². The molecule has 1 aromatic rings. The van der Waals surface area contributed by atoms with Gasteiger partial charge in [0.2, 0.25) is 0 Å². The van der Waals surface area contributed by atoms with Crippen molar-refractivity contribution in [3.8, 4) is 5.75 Å². The maximum Gasteiger partial charge on any atom is 0.119 e. The van der Waals surface area contributed by atoms with Gasteiger partial charge >= 0.3 is 0 Å². The zero-order valence-corrected chi connectivity index (χ0v) is 9.04. The Kier molecular flexibility index (Phi) is 3.81. The molecule has 0 fully saturated rings. The minimum Gasteiger partial charge on any atom is -0.494 e. The van der Waals surface area contributed by atoms with Crippen LogP contribution in [0.4, 0.5) is 0 Å². The topological polar surface area (TPSA) is 29.5 Å². The van der Waals surface area contributed by atoms with Crippen LogP contribution in [0.3, 0.4) is 0 Å². The molecule has 0 aromatic heterocycles. The maximum atomic E-state index is 8.95. The van der Waals surface area contributed by atoms with Crippen molar-refractivity contribution in [2.75, 3.05) is 6.61 Å². The summed E-state index contributed by atoms with van der Waals surface area (Å²) in [7, 11) is 0. The smallest absolute Gasteiger partial charge is 0.119 e. The number of hydrogen-bond donors (Lipinski definition) is 1. The van der Waals surface area contributed by atoms with Gasteiger partial charge in [0.1, 0.15) is 5.75 Å². The van der Waals surface area contributed by atoms with Crippen LogP contribution >= 0.6 is 22.6 Å². The van der Waals surface area contributed by atoms with E-state index in [4.69, 9.17) is 9.84 Å². The Morgan fingerprint density at radius 2 is 2.25 bits per heavy atom. The number of rotatable bonds is 3. The highest BCUT2D eigenvalue weighted by Crippen LogP contribution is 2.19. The molecule has 3 heteroatoms. The summed E-state index contributed by atoms with van der Waals surface area (Å²) < 4.78 is 6.36. The quantitative estimate of drug-likeness (QED) is 0.859. The van der Waals surface area contributed by atoms with E-state index in [1.54, 1.807) is 0 Å². The van der Waals surface area contributed by atoms with Crippen LogP contribution in [0.5, 0.6) is 5.75 Å². The normalized spacial score (nSPS) is 9.92. The van der Waals surface area contributed by atoms with E-state index >= 15 is 0 Å². The van der Waals surface area contributed by atoms with Gasteiger partial charge in [0.15, 0.2) is 0 Å². The summed E-state index contributed by atoms with van der Waals surface area (Å²) in [5, 5.41) is 8.95. The number of ether oxygens (including phenoxy) is 1. The third-order valence-corrected chi connectivity index (χ3v) is 2.55. The van der Waals surface area contributed by atoms with Crippen LogP contribution in [-0.2, 0) is 6.61 Å². The summed E-state index contributed by atoms with van der Waals surface area (Å²) in [6.07, 6.45) is 0. The molecule has 0 amide bonds. The first-order chi connectivity index (χ1) is 5.77. The monoisotopic (exact) mass is 278 g/mol. The zero-order chi connectivity index (χ0) is 8.97. The van der Waals surface area contributed by atoms with E-state index < -0.39 is 0 Å². The van der Waals surface area contributed by atoms with Gasteiger partial charge in [0, 0.05) is 3.57 Å². The highest BCUT2D eigenvalue weighted by atomic mass is 127. The summed E-state index contributed by atoms with van der Waals surface area (Å²) in [5.41, 5.74) is 0.918. The molecule has 0 aliphatic rings. The third-order valence-electron chi connectivity index (χ3n) is 1.50. The highest BCUT2D eigenvalue weighted by Gasteiger charge is 1.99. The number of aliphatic hydroxyl groups is 1. The Morgan fingerprint density at radius 1 is 1.50 bits per heavy atom. The largest absolute Gasteiger partial charge is 0.494 e. The van der Waals surface area contributed by atoms with Crippen LogP contribution in [-0.4, -0.2) is 11.7 Å². The van der Waals surface area contributed by atoms with Crippen molar-refractivity contribution >= 4 is 22.6 Å². The molecule has 66 valence electrons. The van der Waals surface area contributed by atoms with Crippen LogP contribution in [0.1, 0.15) is 12.5 Å². The van der Waals surface area contributed by atoms with Crippen molar-refractivity contribution < 1.29 is 9.84 Å². The Balaban J connectivity index is 2.89. The van der Waals surface area contributed by atoms with Gasteiger partial charge in [-0.05, 0) is 53.3 Å². The predicted octanol–water partition coefficient (Wildman–Crippen LogP) is 2.18. The molecule has 0 atom stereocenters. The molecule has 1 aromatic carbocycles. The van der Waals surface area contributed by atoms with E-state index in [0.717, 1.165) is 14.9 Å². The molecule has 1 N–H and O–H groups in total. The van der Waals surface area contributed by atoms with E-state index in [0.29, 0.717) is 6.61 Å². The van der Waals surface area contributed by atoms with Gasteiger partial charge in [-0.2, -0.15) is 0 Å². The van der Waals surface area contributed by atoms with E-state index in [9.17, 15) is 0 Å². The van der Waals surface area contributed by atoms with Crippen molar-refractivity contribution in [3.05, 3.63) is 27.3 Å². The second-order valence-corrected chi connectivity index (χ2v) is 3.51. The number of benzene rings is 1. The molecule has 12 heavy (non-hydrogen) atoms. The molecule has 0 aliphatic carbocycles. The van der Waals surface area contributed by atoms with Gasteiger partial charge in [-0.1, -0.05) is 0 Å². The fourth-order valence-corrected chi connectivity index (χ4v) is 1.43. The van der Waals surface area contributed by atoms with Gasteiger partial charge in [0.25, 0.3) is 0 Å². The van der Waals surface area contributed by atoms with Crippen LogP contribution in [0.2, 0.25) is 0 Å². The molecule has 0 heterocycles. The van der Waals surface area contributed by atoms with E-state index in [1.165, 1.54) is 0 Å². The molecule has 0 aliphatic heterocycles. The van der Waals surface area contributed by atoms with Crippen molar-refractivity contribution in [2.24, 2.45) is 0 Å². The Labute approximate surface area is 85.7 Å². The van der Waals surface area contributed by atoms with Crippen molar-refractivity contribution in [1.29, 1.82) is 0 Å². The van der Waals surface area contributed by atoms with E-state index in [1.807, 2.05) is 25.1 Å². The molecule has 0 saturated heterocycles. The second kappa shape index (κ2) is 4.67. The number of halogens is 1. The van der Waals surface area contributed by atoms with Crippen molar-refractivity contribution in [1.82, 2.24) is 0 Å². The van der Waals surface area contributed by atoms with Gasteiger partial charge in [0.05, 0.1) is 13.2 Å². The average molecular weight is 278 g/mol. The molecular formula is C9H11IO2. The number of aliphatic hydroxyl groups excluding tert-OH is 1. The standard InChI is InChI=1S/C9H11IO2/c1-2-12-8-3-4-9(10)7(5-8)6-11/h3-5,11H,2,6H2,1H3.